The molecule has 2 aliphatic heterocycles. The summed E-state index contributed by atoms with van der Waals surface area (Å²) in [6, 6.07) is 0.587. The first-order chi connectivity index (χ1) is 8.25. The van der Waals surface area contributed by atoms with E-state index in [2.05, 4.69) is 4.90 Å². The Labute approximate surface area is 103 Å². The van der Waals surface area contributed by atoms with E-state index in [1.54, 1.807) is 0 Å². The molecule has 17 heavy (non-hydrogen) atoms. The Balaban J connectivity index is 1.66. The predicted octanol–water partition coefficient (Wildman–Crippen LogP) is 0.456. The standard InChI is InChI=1S/C13H22N2O2/c16-10-13(4-2-5-13)12(17)15-8-7-14-6-1-3-11(14)9-15/h11,16H,1-10H2. The van der Waals surface area contributed by atoms with Gasteiger partial charge < -0.3 is 10.0 Å². The molecule has 3 rings (SSSR count). The molecule has 0 bridgehead atoms. The van der Waals surface area contributed by atoms with E-state index >= 15 is 0 Å². The number of aliphatic hydroxyl groups is 1. The van der Waals surface area contributed by atoms with Crippen LogP contribution in [0.2, 0.25) is 0 Å². The predicted molar refractivity (Wildman–Crippen MR) is 64.5 cm³/mol. The Morgan fingerprint density at radius 2 is 2.06 bits per heavy atom. The fourth-order valence-electron chi connectivity index (χ4n) is 3.55. The highest BCUT2D eigenvalue weighted by atomic mass is 16.3. The molecule has 4 heteroatoms. The molecule has 2 saturated heterocycles. The molecular formula is C13H22N2O2. The molecule has 1 unspecified atom stereocenters. The lowest BCUT2D eigenvalue weighted by Crippen LogP contribution is -2.58. The van der Waals surface area contributed by atoms with Crippen LogP contribution in [0, 0.1) is 5.41 Å². The molecule has 1 N–H and O–H groups in total. The van der Waals surface area contributed by atoms with Crippen LogP contribution in [0.15, 0.2) is 0 Å². The monoisotopic (exact) mass is 238 g/mol. The molecule has 1 amide bonds. The lowest BCUT2D eigenvalue weighted by atomic mass is 9.68. The van der Waals surface area contributed by atoms with Crippen molar-refractivity contribution in [1.29, 1.82) is 0 Å². The normalized spacial score (nSPS) is 32.1. The minimum atomic E-state index is -0.402. The Bertz CT molecular complexity index is 309. The average molecular weight is 238 g/mol. The number of carbonyl (C=O) groups excluding carboxylic acids is 1. The van der Waals surface area contributed by atoms with Gasteiger partial charge in [0, 0.05) is 25.7 Å². The Morgan fingerprint density at radius 1 is 1.24 bits per heavy atom. The molecule has 1 saturated carbocycles. The van der Waals surface area contributed by atoms with Crippen molar-refractivity contribution in [2.24, 2.45) is 5.41 Å². The summed E-state index contributed by atoms with van der Waals surface area (Å²) in [5.74, 6) is 0.220. The molecule has 0 radical (unpaired) electrons. The zero-order valence-electron chi connectivity index (χ0n) is 10.4. The van der Waals surface area contributed by atoms with E-state index in [9.17, 15) is 9.90 Å². The Hall–Kier alpha value is -0.610. The quantitative estimate of drug-likeness (QED) is 0.760. The molecule has 3 fully saturated rings. The lowest BCUT2D eigenvalue weighted by molar-refractivity contribution is -0.153. The number of hydrogen-bond donors (Lipinski definition) is 1. The van der Waals surface area contributed by atoms with Gasteiger partial charge in [-0.25, -0.2) is 0 Å². The minimum absolute atomic E-state index is 0.0384. The van der Waals surface area contributed by atoms with E-state index in [-0.39, 0.29) is 12.5 Å². The van der Waals surface area contributed by atoms with Crippen molar-refractivity contribution in [1.82, 2.24) is 9.80 Å². The van der Waals surface area contributed by atoms with Gasteiger partial charge in [0.1, 0.15) is 0 Å². The molecule has 96 valence electrons. The van der Waals surface area contributed by atoms with Gasteiger partial charge in [0.2, 0.25) is 5.91 Å². The maximum Gasteiger partial charge on any atom is 0.231 e. The average Bonchev–Trinajstić information content (AvgIpc) is 2.74. The molecule has 4 nitrogen and oxygen atoms in total. The molecular weight excluding hydrogens is 216 g/mol. The summed E-state index contributed by atoms with van der Waals surface area (Å²) in [4.78, 5) is 17.0. The van der Waals surface area contributed by atoms with Crippen molar-refractivity contribution in [2.45, 2.75) is 38.1 Å². The fraction of sp³-hybridized carbons (Fsp3) is 0.923. The smallest absolute Gasteiger partial charge is 0.231 e. The molecule has 2 heterocycles. The molecule has 0 aromatic rings. The highest BCUT2D eigenvalue weighted by molar-refractivity contribution is 5.84. The van der Waals surface area contributed by atoms with Crippen LogP contribution in [0.5, 0.6) is 0 Å². The van der Waals surface area contributed by atoms with E-state index < -0.39 is 5.41 Å². The molecule has 1 aliphatic carbocycles. The first-order valence-corrected chi connectivity index (χ1v) is 6.89. The van der Waals surface area contributed by atoms with Crippen molar-refractivity contribution in [3.8, 4) is 0 Å². The van der Waals surface area contributed by atoms with Gasteiger partial charge in [0.25, 0.3) is 0 Å². The number of carbonyl (C=O) groups is 1. The zero-order chi connectivity index (χ0) is 11.9. The van der Waals surface area contributed by atoms with Gasteiger partial charge >= 0.3 is 0 Å². The number of nitrogens with zero attached hydrogens (tertiary/aromatic N) is 2. The topological polar surface area (TPSA) is 43.8 Å². The zero-order valence-corrected chi connectivity index (χ0v) is 10.4. The van der Waals surface area contributed by atoms with Gasteiger partial charge in [-0.1, -0.05) is 6.42 Å². The van der Waals surface area contributed by atoms with E-state index in [0.717, 1.165) is 38.9 Å². The second-order valence-corrected chi connectivity index (χ2v) is 5.88. The maximum absolute atomic E-state index is 12.5. The van der Waals surface area contributed by atoms with Gasteiger partial charge in [-0.3, -0.25) is 9.69 Å². The van der Waals surface area contributed by atoms with Crippen molar-refractivity contribution >= 4 is 5.91 Å². The van der Waals surface area contributed by atoms with Gasteiger partial charge in [0.05, 0.1) is 12.0 Å². The second kappa shape index (κ2) is 4.25. The molecule has 0 aromatic carbocycles. The number of fused-ring (bicyclic) bond motifs is 1. The van der Waals surface area contributed by atoms with Crippen molar-refractivity contribution in [3.05, 3.63) is 0 Å². The summed E-state index contributed by atoms with van der Waals surface area (Å²) in [6.07, 6.45) is 5.36. The van der Waals surface area contributed by atoms with Crippen LogP contribution in [0.25, 0.3) is 0 Å². The van der Waals surface area contributed by atoms with Gasteiger partial charge in [-0.05, 0) is 32.2 Å². The molecule has 1 atom stereocenters. The first kappa shape index (κ1) is 11.5. The van der Waals surface area contributed by atoms with Crippen LogP contribution in [0.3, 0.4) is 0 Å². The summed E-state index contributed by atoms with van der Waals surface area (Å²) in [7, 11) is 0. The van der Waals surface area contributed by atoms with Gasteiger partial charge in [-0.15, -0.1) is 0 Å². The number of piperazine rings is 1. The van der Waals surface area contributed by atoms with E-state index in [1.807, 2.05) is 4.90 Å². The third-order valence-corrected chi connectivity index (χ3v) is 4.94. The summed E-state index contributed by atoms with van der Waals surface area (Å²) in [6.45, 7) is 4.02. The Morgan fingerprint density at radius 3 is 2.71 bits per heavy atom. The molecule has 0 spiro atoms. The number of hydrogen-bond acceptors (Lipinski definition) is 3. The third kappa shape index (κ3) is 1.78. The Kier molecular flexibility index (Phi) is 2.87. The maximum atomic E-state index is 12.5. The number of amides is 1. The summed E-state index contributed by atoms with van der Waals surface area (Å²) in [5.41, 5.74) is -0.402. The van der Waals surface area contributed by atoms with Crippen LogP contribution >= 0.6 is 0 Å². The van der Waals surface area contributed by atoms with Crippen LogP contribution < -0.4 is 0 Å². The summed E-state index contributed by atoms with van der Waals surface area (Å²) in [5, 5.41) is 9.47. The minimum Gasteiger partial charge on any atom is -0.395 e. The van der Waals surface area contributed by atoms with E-state index in [1.165, 1.54) is 19.4 Å². The lowest BCUT2D eigenvalue weighted by Gasteiger charge is -2.45. The van der Waals surface area contributed by atoms with Crippen molar-refractivity contribution in [2.75, 3.05) is 32.8 Å². The summed E-state index contributed by atoms with van der Waals surface area (Å²) >= 11 is 0. The molecule has 3 aliphatic rings. The van der Waals surface area contributed by atoms with Crippen LogP contribution in [0.4, 0.5) is 0 Å². The second-order valence-electron chi connectivity index (χ2n) is 5.88. The fourth-order valence-corrected chi connectivity index (χ4v) is 3.55. The SMILES string of the molecule is O=C(N1CCN2CCCC2C1)C1(CO)CCC1. The largest absolute Gasteiger partial charge is 0.395 e. The highest BCUT2D eigenvalue weighted by Gasteiger charge is 2.47. The summed E-state index contributed by atoms with van der Waals surface area (Å²) < 4.78 is 0. The van der Waals surface area contributed by atoms with E-state index in [4.69, 9.17) is 0 Å². The number of rotatable bonds is 2. The van der Waals surface area contributed by atoms with Gasteiger partial charge in [0.15, 0.2) is 0 Å². The number of aliphatic hydroxyl groups excluding tert-OH is 1. The van der Waals surface area contributed by atoms with Crippen LogP contribution in [0.1, 0.15) is 32.1 Å². The molecule has 0 aromatic heterocycles. The van der Waals surface area contributed by atoms with Crippen LogP contribution in [-0.2, 0) is 4.79 Å². The highest BCUT2D eigenvalue weighted by Crippen LogP contribution is 2.42. The van der Waals surface area contributed by atoms with Crippen molar-refractivity contribution in [3.63, 3.8) is 0 Å². The van der Waals surface area contributed by atoms with Crippen LogP contribution in [-0.4, -0.2) is 59.6 Å². The van der Waals surface area contributed by atoms with E-state index in [0.29, 0.717) is 6.04 Å². The first-order valence-electron chi connectivity index (χ1n) is 6.89. The third-order valence-electron chi connectivity index (χ3n) is 4.94. The van der Waals surface area contributed by atoms with Crippen molar-refractivity contribution < 1.29 is 9.90 Å². The van der Waals surface area contributed by atoms with Gasteiger partial charge in [-0.2, -0.15) is 0 Å².